The lowest BCUT2D eigenvalue weighted by atomic mass is 9.85. The zero-order valence-electron chi connectivity index (χ0n) is 19.2. The molecule has 172 valence electrons. The fourth-order valence-corrected chi connectivity index (χ4v) is 4.54. The minimum atomic E-state index is -0.611. The van der Waals surface area contributed by atoms with Crippen LogP contribution >= 0.6 is 0 Å². The number of likely N-dealkylation sites (N-methyl/N-ethyl adjacent to an activating group) is 1. The Bertz CT molecular complexity index is 867. The van der Waals surface area contributed by atoms with Gasteiger partial charge in [-0.25, -0.2) is 0 Å². The van der Waals surface area contributed by atoms with Crippen LogP contribution in [0.2, 0.25) is 0 Å². The molecule has 1 aliphatic heterocycles. The van der Waals surface area contributed by atoms with Crippen LogP contribution in [-0.4, -0.2) is 52.6 Å². The van der Waals surface area contributed by atoms with Crippen LogP contribution in [0, 0.1) is 18.8 Å². The maximum absolute atomic E-state index is 13.3. The Morgan fingerprint density at radius 3 is 2.19 bits per heavy atom. The topological polar surface area (TPSA) is 86.8 Å². The van der Waals surface area contributed by atoms with Gasteiger partial charge in [0.1, 0.15) is 6.04 Å². The molecule has 1 aliphatic carbocycles. The number of aryl methyl sites for hydroxylation is 1. The van der Waals surface area contributed by atoms with Crippen molar-refractivity contribution in [1.29, 1.82) is 0 Å². The maximum Gasteiger partial charge on any atom is 0.242 e. The molecule has 4 amide bonds. The molecule has 7 nitrogen and oxygen atoms in total. The summed E-state index contributed by atoms with van der Waals surface area (Å²) in [5.74, 6) is -1.40. The standard InChI is InChI=1S/C25H33N3O4/c1-4-21(23(30)26-5-2)28(16-18-12-10-17(3)11-13-18)22(29)14-15-27-24(31)19-8-6-7-9-20(19)25(27)32/h6-7,10-13,19-21H,4-5,8-9,14-16H2,1-3H3,(H,26,30)/t19-,20+,21?. The highest BCUT2D eigenvalue weighted by molar-refractivity contribution is 6.05. The third kappa shape index (κ3) is 5.09. The summed E-state index contributed by atoms with van der Waals surface area (Å²) in [6.45, 7) is 6.55. The zero-order chi connectivity index (χ0) is 23.3. The average Bonchev–Trinajstić information content (AvgIpc) is 3.03. The van der Waals surface area contributed by atoms with Gasteiger partial charge in [0.25, 0.3) is 0 Å². The van der Waals surface area contributed by atoms with Crippen molar-refractivity contribution in [3.63, 3.8) is 0 Å². The molecular formula is C25H33N3O4. The van der Waals surface area contributed by atoms with Crippen molar-refractivity contribution in [2.45, 2.75) is 59.0 Å². The van der Waals surface area contributed by atoms with Gasteiger partial charge in [-0.1, -0.05) is 48.9 Å². The minimum absolute atomic E-state index is 0.00607. The number of amides is 4. The molecule has 1 aromatic carbocycles. The van der Waals surface area contributed by atoms with E-state index < -0.39 is 6.04 Å². The van der Waals surface area contributed by atoms with Gasteiger partial charge in [0.15, 0.2) is 0 Å². The molecule has 0 saturated carbocycles. The molecule has 1 heterocycles. The number of hydrogen-bond acceptors (Lipinski definition) is 4. The zero-order valence-corrected chi connectivity index (χ0v) is 19.2. The Balaban J connectivity index is 1.74. The van der Waals surface area contributed by atoms with Gasteiger partial charge < -0.3 is 10.2 Å². The van der Waals surface area contributed by atoms with Crippen molar-refractivity contribution in [1.82, 2.24) is 15.1 Å². The second-order valence-electron chi connectivity index (χ2n) is 8.56. The number of allylic oxidation sites excluding steroid dienone is 2. The van der Waals surface area contributed by atoms with Gasteiger partial charge in [-0.15, -0.1) is 0 Å². The second kappa shape index (κ2) is 10.6. The highest BCUT2D eigenvalue weighted by Crippen LogP contribution is 2.35. The third-order valence-electron chi connectivity index (χ3n) is 6.36. The fourth-order valence-electron chi connectivity index (χ4n) is 4.54. The minimum Gasteiger partial charge on any atom is -0.355 e. The molecule has 1 saturated heterocycles. The predicted molar refractivity (Wildman–Crippen MR) is 121 cm³/mol. The molecule has 1 unspecified atom stereocenters. The van der Waals surface area contributed by atoms with Crippen LogP contribution in [0.15, 0.2) is 36.4 Å². The monoisotopic (exact) mass is 439 g/mol. The molecule has 3 atom stereocenters. The highest BCUT2D eigenvalue weighted by atomic mass is 16.2. The molecule has 0 radical (unpaired) electrons. The van der Waals surface area contributed by atoms with Gasteiger partial charge >= 0.3 is 0 Å². The Morgan fingerprint density at radius 2 is 1.66 bits per heavy atom. The van der Waals surface area contributed by atoms with E-state index in [2.05, 4.69) is 5.32 Å². The summed E-state index contributed by atoms with van der Waals surface area (Å²) in [5, 5.41) is 2.81. The van der Waals surface area contributed by atoms with Crippen LogP contribution in [-0.2, 0) is 25.7 Å². The van der Waals surface area contributed by atoms with E-state index in [1.165, 1.54) is 4.90 Å². The lowest BCUT2D eigenvalue weighted by Crippen LogP contribution is -2.49. The summed E-state index contributed by atoms with van der Waals surface area (Å²) in [6, 6.07) is 7.24. The summed E-state index contributed by atoms with van der Waals surface area (Å²) in [6.07, 6.45) is 5.53. The molecule has 7 heteroatoms. The molecule has 0 spiro atoms. The molecule has 32 heavy (non-hydrogen) atoms. The van der Waals surface area contributed by atoms with Gasteiger partial charge in [0.2, 0.25) is 23.6 Å². The lowest BCUT2D eigenvalue weighted by molar-refractivity contribution is -0.144. The first-order chi connectivity index (χ1) is 15.4. The van der Waals surface area contributed by atoms with E-state index in [1.807, 2.05) is 57.2 Å². The Morgan fingerprint density at radius 1 is 1.06 bits per heavy atom. The van der Waals surface area contributed by atoms with Crippen molar-refractivity contribution in [3.8, 4) is 0 Å². The largest absolute Gasteiger partial charge is 0.355 e. The third-order valence-corrected chi connectivity index (χ3v) is 6.36. The van der Waals surface area contributed by atoms with Crippen LogP contribution in [0.5, 0.6) is 0 Å². The smallest absolute Gasteiger partial charge is 0.242 e. The quantitative estimate of drug-likeness (QED) is 0.473. The van der Waals surface area contributed by atoms with Gasteiger partial charge in [0.05, 0.1) is 11.8 Å². The number of fused-ring (bicyclic) bond motifs is 1. The van der Waals surface area contributed by atoms with Gasteiger partial charge in [-0.05, 0) is 38.7 Å². The van der Waals surface area contributed by atoms with E-state index in [-0.39, 0.29) is 48.4 Å². The first kappa shape index (κ1) is 23.7. The molecular weight excluding hydrogens is 406 g/mol. The van der Waals surface area contributed by atoms with Crippen LogP contribution in [0.1, 0.15) is 50.7 Å². The fraction of sp³-hybridized carbons (Fsp3) is 0.520. The highest BCUT2D eigenvalue weighted by Gasteiger charge is 2.47. The van der Waals surface area contributed by atoms with Crippen molar-refractivity contribution in [2.24, 2.45) is 11.8 Å². The van der Waals surface area contributed by atoms with Crippen LogP contribution < -0.4 is 5.32 Å². The molecule has 0 aromatic heterocycles. The molecule has 2 aliphatic rings. The summed E-state index contributed by atoms with van der Waals surface area (Å²) < 4.78 is 0. The van der Waals surface area contributed by atoms with Crippen molar-refractivity contribution in [2.75, 3.05) is 13.1 Å². The number of likely N-dealkylation sites (tertiary alicyclic amines) is 1. The first-order valence-electron chi connectivity index (χ1n) is 11.5. The SMILES string of the molecule is CCNC(=O)C(CC)N(Cc1ccc(C)cc1)C(=O)CCN1C(=O)[C@H]2CC=CC[C@H]2C1=O. The Hall–Kier alpha value is -2.96. The van der Waals surface area contributed by atoms with Gasteiger partial charge in [0, 0.05) is 26.1 Å². The number of carbonyl (C=O) groups is 4. The van der Waals surface area contributed by atoms with Gasteiger partial charge in [-0.3, -0.25) is 24.1 Å². The van der Waals surface area contributed by atoms with Crippen molar-refractivity contribution < 1.29 is 19.2 Å². The van der Waals surface area contributed by atoms with Crippen molar-refractivity contribution in [3.05, 3.63) is 47.5 Å². The van der Waals surface area contributed by atoms with E-state index in [9.17, 15) is 19.2 Å². The maximum atomic E-state index is 13.3. The predicted octanol–water partition coefficient (Wildman–Crippen LogP) is 2.58. The van der Waals surface area contributed by atoms with Crippen LogP contribution in [0.25, 0.3) is 0 Å². The van der Waals surface area contributed by atoms with E-state index in [4.69, 9.17) is 0 Å². The second-order valence-corrected chi connectivity index (χ2v) is 8.56. The van der Waals surface area contributed by atoms with E-state index in [0.717, 1.165) is 11.1 Å². The summed E-state index contributed by atoms with van der Waals surface area (Å²) in [7, 11) is 0. The first-order valence-corrected chi connectivity index (χ1v) is 11.5. The molecule has 1 aromatic rings. The number of rotatable bonds is 9. The molecule has 3 rings (SSSR count). The van der Waals surface area contributed by atoms with E-state index >= 15 is 0 Å². The van der Waals surface area contributed by atoms with Crippen LogP contribution in [0.3, 0.4) is 0 Å². The van der Waals surface area contributed by atoms with Crippen LogP contribution in [0.4, 0.5) is 0 Å². The summed E-state index contributed by atoms with van der Waals surface area (Å²) in [5.41, 5.74) is 2.04. The van der Waals surface area contributed by atoms with Gasteiger partial charge in [-0.2, -0.15) is 0 Å². The number of hydrogen-bond donors (Lipinski definition) is 1. The normalized spacial score (nSPS) is 20.8. The number of benzene rings is 1. The molecule has 1 N–H and O–H groups in total. The number of nitrogens with one attached hydrogen (secondary N) is 1. The van der Waals surface area contributed by atoms with E-state index in [0.29, 0.717) is 32.4 Å². The Kier molecular flexibility index (Phi) is 7.83. The van der Waals surface area contributed by atoms with E-state index in [1.54, 1.807) is 4.90 Å². The number of carbonyl (C=O) groups excluding carboxylic acids is 4. The lowest BCUT2D eigenvalue weighted by Gasteiger charge is -2.31. The number of nitrogens with zero attached hydrogens (tertiary/aromatic N) is 2. The number of imide groups is 1. The average molecular weight is 440 g/mol. The summed E-state index contributed by atoms with van der Waals surface area (Å²) >= 11 is 0. The molecule has 1 fully saturated rings. The summed E-state index contributed by atoms with van der Waals surface area (Å²) in [4.78, 5) is 54.2. The Labute approximate surface area is 189 Å². The molecule has 0 bridgehead atoms. The van der Waals surface area contributed by atoms with Crippen molar-refractivity contribution >= 4 is 23.6 Å².